The molecule has 2 N–H and O–H groups in total. The quantitative estimate of drug-likeness (QED) is 0.821. The average molecular weight is 240 g/mol. The Hall–Kier alpha value is -1.83. The maximum Gasteiger partial charge on any atom is 0.123 e. The highest BCUT2D eigenvalue weighted by Crippen LogP contribution is 2.33. The maximum atomic E-state index is 5.73. The second-order valence-electron chi connectivity index (χ2n) is 5.06. The number of nitrogens with two attached hydrogens (primary N) is 1. The van der Waals surface area contributed by atoms with Crippen LogP contribution in [-0.2, 0) is 0 Å². The van der Waals surface area contributed by atoms with Crippen LogP contribution in [0, 0.1) is 34.6 Å². The van der Waals surface area contributed by atoms with Crippen LogP contribution in [0.5, 0.6) is 0 Å². The minimum atomic E-state index is 0.580. The SMILES string of the molecule is Cc1cc(N)ncc1-c1c(C)c(C)cc(C)c1C. The van der Waals surface area contributed by atoms with Crippen molar-refractivity contribution in [2.75, 3.05) is 5.73 Å². The number of nitrogens with zero attached hydrogens (tertiary/aromatic N) is 1. The van der Waals surface area contributed by atoms with Crippen molar-refractivity contribution < 1.29 is 0 Å². The standard InChI is InChI=1S/C16H20N2/c1-9-6-10(2)13(5)16(12(9)4)14-8-18-15(17)7-11(14)3/h6-8H,1-5H3,(H2,17,18). The molecule has 0 spiro atoms. The van der Waals surface area contributed by atoms with E-state index in [0.717, 1.165) is 0 Å². The monoisotopic (exact) mass is 240 g/mol. The van der Waals surface area contributed by atoms with E-state index in [1.54, 1.807) is 0 Å². The van der Waals surface area contributed by atoms with Gasteiger partial charge < -0.3 is 5.73 Å². The zero-order valence-corrected chi connectivity index (χ0v) is 11.8. The van der Waals surface area contributed by atoms with E-state index in [-0.39, 0.29) is 0 Å². The highest BCUT2D eigenvalue weighted by molar-refractivity contribution is 5.75. The first-order valence-electron chi connectivity index (χ1n) is 6.21. The van der Waals surface area contributed by atoms with Crippen molar-refractivity contribution in [3.63, 3.8) is 0 Å². The number of anilines is 1. The van der Waals surface area contributed by atoms with Crippen molar-refractivity contribution in [1.29, 1.82) is 0 Å². The summed E-state index contributed by atoms with van der Waals surface area (Å²) < 4.78 is 0. The molecule has 0 bridgehead atoms. The number of aryl methyl sites for hydroxylation is 3. The lowest BCUT2D eigenvalue weighted by atomic mass is 9.89. The van der Waals surface area contributed by atoms with Gasteiger partial charge in [-0.2, -0.15) is 0 Å². The molecule has 94 valence electrons. The molecular weight excluding hydrogens is 220 g/mol. The molecule has 1 aromatic heterocycles. The summed E-state index contributed by atoms with van der Waals surface area (Å²) >= 11 is 0. The molecule has 2 heteroatoms. The van der Waals surface area contributed by atoms with Gasteiger partial charge in [-0.15, -0.1) is 0 Å². The van der Waals surface area contributed by atoms with Crippen molar-refractivity contribution in [2.24, 2.45) is 0 Å². The number of hydrogen-bond acceptors (Lipinski definition) is 2. The molecule has 0 fully saturated rings. The summed E-state index contributed by atoms with van der Waals surface area (Å²) in [6.45, 7) is 10.8. The van der Waals surface area contributed by atoms with Gasteiger partial charge in [-0.3, -0.25) is 0 Å². The molecule has 0 saturated carbocycles. The largest absolute Gasteiger partial charge is 0.384 e. The van der Waals surface area contributed by atoms with Crippen molar-refractivity contribution in [2.45, 2.75) is 34.6 Å². The predicted molar refractivity (Wildman–Crippen MR) is 77.8 cm³/mol. The molecular formula is C16H20N2. The Labute approximate surface area is 109 Å². The normalized spacial score (nSPS) is 10.7. The highest BCUT2D eigenvalue weighted by Gasteiger charge is 2.12. The zero-order valence-electron chi connectivity index (χ0n) is 11.8. The third kappa shape index (κ3) is 1.99. The van der Waals surface area contributed by atoms with Gasteiger partial charge in [-0.05, 0) is 74.1 Å². The van der Waals surface area contributed by atoms with Crippen LogP contribution < -0.4 is 5.73 Å². The van der Waals surface area contributed by atoms with E-state index in [9.17, 15) is 0 Å². The van der Waals surface area contributed by atoms with E-state index < -0.39 is 0 Å². The second-order valence-corrected chi connectivity index (χ2v) is 5.06. The number of benzene rings is 1. The Bertz CT molecular complexity index is 587. The third-order valence-corrected chi connectivity index (χ3v) is 3.77. The molecule has 0 unspecified atom stereocenters. The topological polar surface area (TPSA) is 38.9 Å². The van der Waals surface area contributed by atoms with Gasteiger partial charge in [-0.1, -0.05) is 6.07 Å². The molecule has 0 atom stereocenters. The average Bonchev–Trinajstić information content (AvgIpc) is 2.29. The molecule has 2 aromatic rings. The van der Waals surface area contributed by atoms with E-state index in [1.807, 2.05) is 12.3 Å². The van der Waals surface area contributed by atoms with Crippen molar-refractivity contribution in [3.05, 3.63) is 46.1 Å². The van der Waals surface area contributed by atoms with Crippen LogP contribution in [0.4, 0.5) is 5.82 Å². The Morgan fingerprint density at radius 2 is 1.39 bits per heavy atom. The molecule has 0 radical (unpaired) electrons. The Balaban J connectivity index is 2.78. The number of aromatic nitrogens is 1. The zero-order chi connectivity index (χ0) is 13.4. The Morgan fingerprint density at radius 3 is 1.89 bits per heavy atom. The molecule has 0 amide bonds. The first kappa shape index (κ1) is 12.6. The minimum absolute atomic E-state index is 0.580. The third-order valence-electron chi connectivity index (χ3n) is 3.77. The van der Waals surface area contributed by atoms with Gasteiger partial charge in [0, 0.05) is 11.8 Å². The summed E-state index contributed by atoms with van der Waals surface area (Å²) in [5.74, 6) is 0.580. The molecule has 0 aliphatic rings. The first-order chi connectivity index (χ1) is 8.41. The summed E-state index contributed by atoms with van der Waals surface area (Å²) in [5, 5.41) is 0. The number of nitrogen functional groups attached to an aromatic ring is 1. The smallest absolute Gasteiger partial charge is 0.123 e. The predicted octanol–water partition coefficient (Wildman–Crippen LogP) is 3.87. The lowest BCUT2D eigenvalue weighted by Gasteiger charge is -2.17. The number of hydrogen-bond donors (Lipinski definition) is 1. The van der Waals surface area contributed by atoms with Gasteiger partial charge in [0.1, 0.15) is 5.82 Å². The van der Waals surface area contributed by atoms with Gasteiger partial charge in [0.2, 0.25) is 0 Å². The van der Waals surface area contributed by atoms with Crippen molar-refractivity contribution >= 4 is 5.82 Å². The fraction of sp³-hybridized carbons (Fsp3) is 0.312. The van der Waals surface area contributed by atoms with Gasteiger partial charge in [0.05, 0.1) is 0 Å². The minimum Gasteiger partial charge on any atom is -0.384 e. The van der Waals surface area contributed by atoms with E-state index in [2.05, 4.69) is 45.7 Å². The van der Waals surface area contributed by atoms with Crippen LogP contribution in [0.3, 0.4) is 0 Å². The highest BCUT2D eigenvalue weighted by atomic mass is 14.8. The number of rotatable bonds is 1. The lowest BCUT2D eigenvalue weighted by molar-refractivity contribution is 1.22. The number of pyridine rings is 1. The van der Waals surface area contributed by atoms with Gasteiger partial charge in [0.25, 0.3) is 0 Å². The fourth-order valence-electron chi connectivity index (χ4n) is 2.46. The molecule has 0 aliphatic carbocycles. The molecule has 0 aliphatic heterocycles. The summed E-state index contributed by atoms with van der Waals surface area (Å²) in [5.41, 5.74) is 14.7. The first-order valence-corrected chi connectivity index (χ1v) is 6.21. The van der Waals surface area contributed by atoms with E-state index in [0.29, 0.717) is 5.82 Å². The molecule has 1 aromatic carbocycles. The van der Waals surface area contributed by atoms with Gasteiger partial charge in [0.15, 0.2) is 0 Å². The Kier molecular flexibility index (Phi) is 3.12. The van der Waals surface area contributed by atoms with Crippen LogP contribution in [0.2, 0.25) is 0 Å². The van der Waals surface area contributed by atoms with Gasteiger partial charge in [-0.25, -0.2) is 4.98 Å². The summed E-state index contributed by atoms with van der Waals surface area (Å²) in [6.07, 6.45) is 1.89. The molecule has 0 saturated heterocycles. The summed E-state index contributed by atoms with van der Waals surface area (Å²) in [7, 11) is 0. The van der Waals surface area contributed by atoms with Crippen molar-refractivity contribution in [3.8, 4) is 11.1 Å². The summed E-state index contributed by atoms with van der Waals surface area (Å²) in [4.78, 5) is 4.24. The van der Waals surface area contributed by atoms with Crippen LogP contribution in [0.25, 0.3) is 11.1 Å². The molecule has 2 nitrogen and oxygen atoms in total. The van der Waals surface area contributed by atoms with E-state index in [1.165, 1.54) is 38.9 Å². The van der Waals surface area contributed by atoms with Crippen LogP contribution >= 0.6 is 0 Å². The van der Waals surface area contributed by atoms with Crippen molar-refractivity contribution in [1.82, 2.24) is 4.98 Å². The molecule has 2 rings (SSSR count). The molecule has 18 heavy (non-hydrogen) atoms. The Morgan fingerprint density at radius 1 is 0.833 bits per heavy atom. The van der Waals surface area contributed by atoms with Crippen LogP contribution in [0.15, 0.2) is 18.3 Å². The molecule has 1 heterocycles. The van der Waals surface area contributed by atoms with Crippen LogP contribution in [-0.4, -0.2) is 4.98 Å². The van der Waals surface area contributed by atoms with E-state index >= 15 is 0 Å². The van der Waals surface area contributed by atoms with E-state index in [4.69, 9.17) is 5.73 Å². The fourth-order valence-corrected chi connectivity index (χ4v) is 2.46. The summed E-state index contributed by atoms with van der Waals surface area (Å²) in [6, 6.07) is 4.18. The van der Waals surface area contributed by atoms with Crippen LogP contribution in [0.1, 0.15) is 27.8 Å². The second kappa shape index (κ2) is 4.45. The van der Waals surface area contributed by atoms with Gasteiger partial charge >= 0.3 is 0 Å². The lowest BCUT2D eigenvalue weighted by Crippen LogP contribution is -1.99. The maximum absolute atomic E-state index is 5.73.